The molecule has 0 aliphatic carbocycles. The summed E-state index contributed by atoms with van der Waals surface area (Å²) in [6, 6.07) is 0.424. The Bertz CT molecular complexity index is 257. The van der Waals surface area contributed by atoms with Gasteiger partial charge in [0.05, 0.1) is 6.61 Å². The highest BCUT2D eigenvalue weighted by atomic mass is 35.5. The molecule has 3 atom stereocenters. The molecule has 5 heteroatoms. The number of carbonyl (C=O) groups excluding carboxylic acids is 1. The van der Waals surface area contributed by atoms with E-state index in [0.717, 1.165) is 25.9 Å². The number of amides is 1. The van der Waals surface area contributed by atoms with Gasteiger partial charge in [-0.1, -0.05) is 13.8 Å². The Morgan fingerprint density at radius 1 is 1.53 bits per heavy atom. The third-order valence-electron chi connectivity index (χ3n) is 3.58. The third-order valence-corrected chi connectivity index (χ3v) is 3.58. The minimum atomic E-state index is -0.256. The van der Waals surface area contributed by atoms with Gasteiger partial charge in [0.15, 0.2) is 0 Å². The molecule has 1 N–H and O–H groups in total. The summed E-state index contributed by atoms with van der Waals surface area (Å²) in [5.74, 6) is 0.814. The molecule has 0 radical (unpaired) electrons. The van der Waals surface area contributed by atoms with Crippen LogP contribution < -0.4 is 5.32 Å². The maximum absolute atomic E-state index is 12.3. The second-order valence-corrected chi connectivity index (χ2v) is 4.96. The summed E-state index contributed by atoms with van der Waals surface area (Å²) in [6.45, 7) is 7.45. The molecule has 4 nitrogen and oxygen atoms in total. The molecule has 2 rings (SSSR count). The largest absolute Gasteiger partial charge is 0.366 e. The molecule has 2 aliphatic rings. The van der Waals surface area contributed by atoms with E-state index in [1.54, 1.807) is 0 Å². The number of nitrogens with one attached hydrogen (secondary N) is 1. The molecular weight excluding hydrogens is 240 g/mol. The molecule has 2 saturated heterocycles. The second-order valence-electron chi connectivity index (χ2n) is 4.96. The normalized spacial score (nSPS) is 33.3. The number of ether oxygens (including phenoxy) is 1. The van der Waals surface area contributed by atoms with Crippen molar-refractivity contribution in [1.29, 1.82) is 0 Å². The second kappa shape index (κ2) is 6.57. The lowest BCUT2D eigenvalue weighted by Gasteiger charge is -2.30. The number of hydrogen-bond donors (Lipinski definition) is 1. The topological polar surface area (TPSA) is 41.6 Å². The van der Waals surface area contributed by atoms with Crippen molar-refractivity contribution in [3.63, 3.8) is 0 Å². The summed E-state index contributed by atoms with van der Waals surface area (Å²) in [5.41, 5.74) is 0. The van der Waals surface area contributed by atoms with E-state index >= 15 is 0 Å². The molecule has 0 spiro atoms. The Hall–Kier alpha value is -0.320. The molecule has 0 aromatic carbocycles. The Morgan fingerprint density at radius 2 is 2.29 bits per heavy atom. The Kier molecular flexibility index (Phi) is 5.70. The van der Waals surface area contributed by atoms with E-state index in [0.29, 0.717) is 25.1 Å². The SMILES string of the molecule is CCC1CC(C)CN1C(=O)C1CNCCO1.Cl. The number of morpholine rings is 1. The molecule has 1 amide bonds. The Balaban J connectivity index is 0.00000144. The van der Waals surface area contributed by atoms with Crippen molar-refractivity contribution in [3.8, 4) is 0 Å². The molecule has 2 aliphatic heterocycles. The van der Waals surface area contributed by atoms with E-state index in [4.69, 9.17) is 4.74 Å². The highest BCUT2D eigenvalue weighted by Gasteiger charge is 2.36. The molecule has 2 heterocycles. The van der Waals surface area contributed by atoms with Gasteiger partial charge in [-0.3, -0.25) is 4.79 Å². The van der Waals surface area contributed by atoms with Gasteiger partial charge >= 0.3 is 0 Å². The molecule has 17 heavy (non-hydrogen) atoms. The number of hydrogen-bond acceptors (Lipinski definition) is 3. The average Bonchev–Trinajstić information content (AvgIpc) is 2.70. The third kappa shape index (κ3) is 3.33. The highest BCUT2D eigenvalue weighted by molar-refractivity contribution is 5.85. The molecule has 100 valence electrons. The first-order valence-electron chi connectivity index (χ1n) is 6.35. The van der Waals surface area contributed by atoms with Crippen LogP contribution in [0, 0.1) is 5.92 Å². The quantitative estimate of drug-likeness (QED) is 0.809. The van der Waals surface area contributed by atoms with Crippen molar-refractivity contribution < 1.29 is 9.53 Å². The van der Waals surface area contributed by atoms with E-state index in [9.17, 15) is 4.79 Å². The lowest BCUT2D eigenvalue weighted by Crippen LogP contribution is -2.50. The van der Waals surface area contributed by atoms with Gasteiger partial charge in [0.1, 0.15) is 6.10 Å². The van der Waals surface area contributed by atoms with Gasteiger partial charge in [-0.05, 0) is 18.8 Å². The van der Waals surface area contributed by atoms with Gasteiger partial charge < -0.3 is 15.0 Å². The molecule has 0 aromatic rings. The molecule has 3 unspecified atom stereocenters. The predicted molar refractivity (Wildman–Crippen MR) is 69.4 cm³/mol. The van der Waals surface area contributed by atoms with E-state index in [-0.39, 0.29) is 24.4 Å². The van der Waals surface area contributed by atoms with Gasteiger partial charge in [-0.15, -0.1) is 12.4 Å². The van der Waals surface area contributed by atoms with Crippen LogP contribution in [0.1, 0.15) is 26.7 Å². The summed E-state index contributed by atoms with van der Waals surface area (Å²) in [4.78, 5) is 14.3. The van der Waals surface area contributed by atoms with Crippen molar-refractivity contribution >= 4 is 18.3 Å². The van der Waals surface area contributed by atoms with Crippen LogP contribution in [0.5, 0.6) is 0 Å². The van der Waals surface area contributed by atoms with Crippen LogP contribution in [0.25, 0.3) is 0 Å². The fourth-order valence-electron chi connectivity index (χ4n) is 2.72. The maximum atomic E-state index is 12.3. The highest BCUT2D eigenvalue weighted by Crippen LogP contribution is 2.26. The van der Waals surface area contributed by atoms with Crippen LogP contribution in [0.4, 0.5) is 0 Å². The molecule has 0 bridgehead atoms. The van der Waals surface area contributed by atoms with Crippen LogP contribution >= 0.6 is 12.4 Å². The van der Waals surface area contributed by atoms with Crippen molar-refractivity contribution in [3.05, 3.63) is 0 Å². The smallest absolute Gasteiger partial charge is 0.253 e. The summed E-state index contributed by atoms with van der Waals surface area (Å²) < 4.78 is 5.53. The molecule has 2 fully saturated rings. The fourth-order valence-corrected chi connectivity index (χ4v) is 2.72. The van der Waals surface area contributed by atoms with Gasteiger partial charge in [0.2, 0.25) is 0 Å². The summed E-state index contributed by atoms with van der Waals surface area (Å²) in [6.07, 6.45) is 1.94. The van der Waals surface area contributed by atoms with Crippen LogP contribution in [-0.2, 0) is 9.53 Å². The molecular formula is C12H23ClN2O2. The Labute approximate surface area is 109 Å². The van der Waals surface area contributed by atoms with E-state index < -0.39 is 0 Å². The average molecular weight is 263 g/mol. The number of rotatable bonds is 2. The van der Waals surface area contributed by atoms with Crippen molar-refractivity contribution in [2.75, 3.05) is 26.2 Å². The van der Waals surface area contributed by atoms with Gasteiger partial charge in [-0.2, -0.15) is 0 Å². The maximum Gasteiger partial charge on any atom is 0.253 e. The van der Waals surface area contributed by atoms with Crippen molar-refractivity contribution in [2.24, 2.45) is 5.92 Å². The van der Waals surface area contributed by atoms with Gasteiger partial charge in [-0.25, -0.2) is 0 Å². The first kappa shape index (κ1) is 14.7. The van der Waals surface area contributed by atoms with Crippen LogP contribution in [0.3, 0.4) is 0 Å². The van der Waals surface area contributed by atoms with E-state index in [1.165, 1.54) is 0 Å². The van der Waals surface area contributed by atoms with Gasteiger partial charge in [0.25, 0.3) is 5.91 Å². The number of carbonyl (C=O) groups is 1. The lowest BCUT2D eigenvalue weighted by atomic mass is 10.1. The summed E-state index contributed by atoms with van der Waals surface area (Å²) >= 11 is 0. The van der Waals surface area contributed by atoms with Crippen LogP contribution in [0.2, 0.25) is 0 Å². The zero-order valence-electron chi connectivity index (χ0n) is 10.6. The van der Waals surface area contributed by atoms with E-state index in [2.05, 4.69) is 19.2 Å². The Morgan fingerprint density at radius 3 is 2.88 bits per heavy atom. The first-order chi connectivity index (χ1) is 7.72. The van der Waals surface area contributed by atoms with Crippen LogP contribution in [-0.4, -0.2) is 49.2 Å². The zero-order chi connectivity index (χ0) is 11.5. The van der Waals surface area contributed by atoms with Gasteiger partial charge in [0, 0.05) is 25.7 Å². The standard InChI is InChI=1S/C12H22N2O2.ClH/c1-3-10-6-9(2)8-14(10)12(15)11-7-13-4-5-16-11;/h9-11,13H,3-8H2,1-2H3;1H. The van der Waals surface area contributed by atoms with E-state index in [1.807, 2.05) is 4.90 Å². The molecule has 0 aromatic heterocycles. The predicted octanol–water partition coefficient (Wildman–Crippen LogP) is 1.04. The van der Waals surface area contributed by atoms with Crippen molar-refractivity contribution in [1.82, 2.24) is 10.2 Å². The number of halogens is 1. The monoisotopic (exact) mass is 262 g/mol. The minimum absolute atomic E-state index is 0. The summed E-state index contributed by atoms with van der Waals surface area (Å²) in [7, 11) is 0. The summed E-state index contributed by atoms with van der Waals surface area (Å²) in [5, 5.41) is 3.21. The number of likely N-dealkylation sites (tertiary alicyclic amines) is 1. The first-order valence-corrected chi connectivity index (χ1v) is 6.35. The number of nitrogens with zero attached hydrogens (tertiary/aromatic N) is 1. The zero-order valence-corrected chi connectivity index (χ0v) is 11.5. The molecule has 0 saturated carbocycles. The van der Waals surface area contributed by atoms with Crippen LogP contribution in [0.15, 0.2) is 0 Å². The van der Waals surface area contributed by atoms with Crippen molar-refractivity contribution in [2.45, 2.75) is 38.8 Å². The minimum Gasteiger partial charge on any atom is -0.366 e. The fraction of sp³-hybridized carbons (Fsp3) is 0.917. The lowest BCUT2D eigenvalue weighted by molar-refractivity contribution is -0.146.